The highest BCUT2D eigenvalue weighted by Gasteiger charge is 2.41. The molecular weight excluding hydrogens is 262 g/mol. The summed E-state index contributed by atoms with van der Waals surface area (Å²) in [6.07, 6.45) is 7.29. The number of amides is 1. The Bertz CT molecular complexity index is 470. The Labute approximate surface area is 117 Å². The first-order valence-electron chi connectivity index (χ1n) is 6.84. The molecule has 102 valence electrons. The Morgan fingerprint density at radius 2 is 2.32 bits per heavy atom. The first-order valence-corrected chi connectivity index (χ1v) is 7.22. The van der Waals surface area contributed by atoms with Crippen molar-refractivity contribution in [2.75, 3.05) is 6.54 Å². The summed E-state index contributed by atoms with van der Waals surface area (Å²) < 4.78 is 0. The van der Waals surface area contributed by atoms with Crippen LogP contribution in [0.15, 0.2) is 18.3 Å². The molecule has 1 aromatic rings. The summed E-state index contributed by atoms with van der Waals surface area (Å²) in [7, 11) is 0. The highest BCUT2D eigenvalue weighted by molar-refractivity contribution is 6.30. The van der Waals surface area contributed by atoms with E-state index >= 15 is 0 Å². The van der Waals surface area contributed by atoms with Crippen molar-refractivity contribution < 1.29 is 4.79 Å². The lowest BCUT2D eigenvalue weighted by Gasteiger charge is -2.48. The largest absolute Gasteiger partial charge is 0.348 e. The van der Waals surface area contributed by atoms with E-state index in [2.05, 4.69) is 15.6 Å². The van der Waals surface area contributed by atoms with Gasteiger partial charge < -0.3 is 10.6 Å². The molecule has 4 nitrogen and oxygen atoms in total. The number of hydrogen-bond donors (Lipinski definition) is 2. The normalized spacial score (nSPS) is 24.8. The third kappa shape index (κ3) is 2.74. The molecule has 0 radical (unpaired) electrons. The molecule has 2 aliphatic rings. The second-order valence-corrected chi connectivity index (χ2v) is 6.02. The number of pyridine rings is 1. The zero-order chi connectivity index (χ0) is 13.3. The Morgan fingerprint density at radius 1 is 1.47 bits per heavy atom. The summed E-state index contributed by atoms with van der Waals surface area (Å²) in [5.74, 6) is -0.0990. The Balaban J connectivity index is 1.61. The summed E-state index contributed by atoms with van der Waals surface area (Å²) in [6, 6.07) is 3.61. The number of nitrogens with zero attached hydrogens (tertiary/aromatic N) is 1. The molecule has 0 aromatic carbocycles. The number of hydrogen-bond acceptors (Lipinski definition) is 3. The average molecular weight is 280 g/mol. The van der Waals surface area contributed by atoms with E-state index in [0.29, 0.717) is 16.3 Å². The number of aromatic nitrogens is 1. The third-order valence-electron chi connectivity index (χ3n) is 4.24. The first-order chi connectivity index (χ1) is 9.17. The Morgan fingerprint density at radius 3 is 2.95 bits per heavy atom. The van der Waals surface area contributed by atoms with E-state index in [0.717, 1.165) is 19.4 Å². The summed E-state index contributed by atoms with van der Waals surface area (Å²) in [5.41, 5.74) is 0.731. The van der Waals surface area contributed by atoms with E-state index < -0.39 is 0 Å². The highest BCUT2D eigenvalue weighted by Crippen LogP contribution is 2.38. The van der Waals surface area contributed by atoms with Crippen LogP contribution in [-0.4, -0.2) is 29.0 Å². The predicted octanol–water partition coefficient (Wildman–Crippen LogP) is 2.14. The summed E-state index contributed by atoms with van der Waals surface area (Å²) >= 11 is 5.77. The van der Waals surface area contributed by atoms with Crippen molar-refractivity contribution in [3.05, 3.63) is 29.0 Å². The number of carbonyl (C=O) groups excluding carboxylic acids is 1. The highest BCUT2D eigenvalue weighted by atomic mass is 35.5. The average Bonchev–Trinajstić information content (AvgIpc) is 2.38. The fourth-order valence-corrected chi connectivity index (χ4v) is 3.15. The lowest BCUT2D eigenvalue weighted by atomic mass is 9.70. The molecule has 1 aliphatic carbocycles. The van der Waals surface area contributed by atoms with Gasteiger partial charge in [0, 0.05) is 17.8 Å². The van der Waals surface area contributed by atoms with E-state index in [1.807, 2.05) is 0 Å². The number of rotatable bonds is 2. The van der Waals surface area contributed by atoms with Gasteiger partial charge in [0.2, 0.25) is 0 Å². The molecule has 1 spiro atoms. The van der Waals surface area contributed by atoms with Crippen LogP contribution in [0.3, 0.4) is 0 Å². The van der Waals surface area contributed by atoms with E-state index in [1.165, 1.54) is 25.5 Å². The zero-order valence-corrected chi connectivity index (χ0v) is 11.5. The number of halogens is 1. The van der Waals surface area contributed by atoms with E-state index in [4.69, 9.17) is 11.6 Å². The van der Waals surface area contributed by atoms with Gasteiger partial charge in [0.1, 0.15) is 5.69 Å². The van der Waals surface area contributed by atoms with Gasteiger partial charge in [-0.15, -0.1) is 0 Å². The summed E-state index contributed by atoms with van der Waals surface area (Å²) in [5, 5.41) is 7.24. The van der Waals surface area contributed by atoms with Gasteiger partial charge in [-0.1, -0.05) is 11.6 Å². The fraction of sp³-hybridized carbons (Fsp3) is 0.571. The van der Waals surface area contributed by atoms with Crippen molar-refractivity contribution in [2.24, 2.45) is 0 Å². The van der Waals surface area contributed by atoms with Gasteiger partial charge in [0.15, 0.2) is 0 Å². The van der Waals surface area contributed by atoms with Crippen LogP contribution in [0.2, 0.25) is 5.02 Å². The van der Waals surface area contributed by atoms with Gasteiger partial charge >= 0.3 is 0 Å². The first kappa shape index (κ1) is 12.9. The Hall–Kier alpha value is -1.13. The van der Waals surface area contributed by atoms with Gasteiger partial charge in [0.05, 0.1) is 5.02 Å². The van der Waals surface area contributed by atoms with Gasteiger partial charge in [-0.2, -0.15) is 0 Å². The van der Waals surface area contributed by atoms with Gasteiger partial charge in [0.25, 0.3) is 5.91 Å². The lowest BCUT2D eigenvalue weighted by Crippen LogP contribution is -2.59. The van der Waals surface area contributed by atoms with Crippen molar-refractivity contribution in [3.8, 4) is 0 Å². The summed E-state index contributed by atoms with van der Waals surface area (Å²) in [6.45, 7) is 0.985. The van der Waals surface area contributed by atoms with Crippen LogP contribution >= 0.6 is 11.6 Å². The third-order valence-corrected chi connectivity index (χ3v) is 4.46. The molecule has 1 unspecified atom stereocenters. The predicted molar refractivity (Wildman–Crippen MR) is 74.3 cm³/mol. The molecular formula is C14H18ClN3O. The number of nitrogens with one attached hydrogen (secondary N) is 2. The SMILES string of the molecule is O=C(NC1CCNC2(CCC2)C1)c1ccc(Cl)cn1. The van der Waals surface area contributed by atoms with Crippen molar-refractivity contribution >= 4 is 17.5 Å². The molecule has 3 rings (SSSR count). The molecule has 5 heteroatoms. The number of piperidine rings is 1. The molecule has 0 bridgehead atoms. The van der Waals surface area contributed by atoms with Crippen molar-refractivity contribution in [1.29, 1.82) is 0 Å². The van der Waals surface area contributed by atoms with Crippen molar-refractivity contribution in [1.82, 2.24) is 15.6 Å². The van der Waals surface area contributed by atoms with Crippen LogP contribution in [0.25, 0.3) is 0 Å². The van der Waals surface area contributed by atoms with Gasteiger partial charge in [-0.05, 0) is 50.8 Å². The molecule has 1 saturated carbocycles. The fourth-order valence-electron chi connectivity index (χ4n) is 3.03. The topological polar surface area (TPSA) is 54.0 Å². The molecule has 2 heterocycles. The maximum atomic E-state index is 12.1. The van der Waals surface area contributed by atoms with E-state index in [9.17, 15) is 4.79 Å². The second kappa shape index (κ2) is 5.10. The Kier molecular flexibility index (Phi) is 3.46. The molecule has 2 N–H and O–H groups in total. The smallest absolute Gasteiger partial charge is 0.270 e. The van der Waals surface area contributed by atoms with Gasteiger partial charge in [-0.25, -0.2) is 4.98 Å². The van der Waals surface area contributed by atoms with E-state index in [1.54, 1.807) is 12.1 Å². The lowest BCUT2D eigenvalue weighted by molar-refractivity contribution is 0.0848. The van der Waals surface area contributed by atoms with Gasteiger partial charge in [-0.3, -0.25) is 4.79 Å². The molecule has 1 atom stereocenters. The summed E-state index contributed by atoms with van der Waals surface area (Å²) in [4.78, 5) is 16.2. The second-order valence-electron chi connectivity index (χ2n) is 5.59. The minimum atomic E-state index is -0.0990. The minimum Gasteiger partial charge on any atom is -0.348 e. The van der Waals surface area contributed by atoms with Crippen LogP contribution in [0.1, 0.15) is 42.6 Å². The maximum Gasteiger partial charge on any atom is 0.270 e. The molecule has 2 fully saturated rings. The molecule has 1 aliphatic heterocycles. The van der Waals surface area contributed by atoms with Crippen molar-refractivity contribution in [3.63, 3.8) is 0 Å². The quantitative estimate of drug-likeness (QED) is 0.872. The monoisotopic (exact) mass is 279 g/mol. The maximum absolute atomic E-state index is 12.1. The number of carbonyl (C=O) groups is 1. The molecule has 1 aromatic heterocycles. The molecule has 19 heavy (non-hydrogen) atoms. The van der Waals surface area contributed by atoms with Crippen LogP contribution in [0.4, 0.5) is 0 Å². The van der Waals surface area contributed by atoms with Crippen LogP contribution in [0.5, 0.6) is 0 Å². The van der Waals surface area contributed by atoms with Crippen LogP contribution in [-0.2, 0) is 0 Å². The minimum absolute atomic E-state index is 0.0990. The molecule has 1 amide bonds. The zero-order valence-electron chi connectivity index (χ0n) is 10.8. The van der Waals surface area contributed by atoms with E-state index in [-0.39, 0.29) is 11.9 Å². The molecule has 1 saturated heterocycles. The van der Waals surface area contributed by atoms with Crippen molar-refractivity contribution in [2.45, 2.75) is 43.7 Å². The standard InChI is InChI=1S/C14H18ClN3O/c15-10-2-3-12(16-9-10)13(19)18-11-4-7-17-14(8-11)5-1-6-14/h2-3,9,11,17H,1,4-8H2,(H,18,19). The van der Waals surface area contributed by atoms with Crippen LogP contribution in [0, 0.1) is 0 Å². The van der Waals surface area contributed by atoms with Crippen LogP contribution < -0.4 is 10.6 Å².